The molecule has 0 atom stereocenters. The molecular weight excluding hydrogens is 190 g/mol. The van der Waals surface area contributed by atoms with Gasteiger partial charge in [-0.25, -0.2) is 4.98 Å². The van der Waals surface area contributed by atoms with Gasteiger partial charge < -0.3 is 4.90 Å². The minimum Gasteiger partial charge on any atom is -0.301 e. The van der Waals surface area contributed by atoms with Crippen molar-refractivity contribution in [2.24, 2.45) is 7.05 Å². The topological polar surface area (TPSA) is 38.1 Å². The van der Waals surface area contributed by atoms with Gasteiger partial charge in [-0.1, -0.05) is 7.43 Å². The maximum absolute atomic E-state index is 11.9. The summed E-state index contributed by atoms with van der Waals surface area (Å²) in [4.78, 5) is 18.5. The van der Waals surface area contributed by atoms with Crippen molar-refractivity contribution in [1.29, 1.82) is 0 Å². The second-order valence-corrected chi connectivity index (χ2v) is 3.94. The molecule has 1 aliphatic rings. The quantitative estimate of drug-likeness (QED) is 0.631. The largest absolute Gasteiger partial charge is 0.301 e. The fourth-order valence-corrected chi connectivity index (χ4v) is 1.82. The lowest BCUT2D eigenvalue weighted by Gasteiger charge is -2.24. The normalized spacial score (nSPS) is 15.7. The molecule has 0 amide bonds. The Hall–Kier alpha value is -1.16. The molecule has 0 unspecified atom stereocenters. The molecule has 1 aromatic heterocycles. The number of rotatable bonds is 0. The molecule has 2 rings (SSSR count). The number of aromatic nitrogens is 2. The molecule has 4 nitrogen and oxygen atoms in total. The van der Waals surface area contributed by atoms with Crippen LogP contribution in [0, 0.1) is 6.92 Å². The fraction of sp³-hybridized carbons (Fsp3) is 0.636. The molecule has 2 heterocycles. The predicted octanol–water partition coefficient (Wildman–Crippen LogP) is 0.713. The third-order valence-corrected chi connectivity index (χ3v) is 2.85. The first kappa shape index (κ1) is 11.9. The third kappa shape index (κ3) is 1.95. The lowest BCUT2D eigenvalue weighted by molar-refractivity contribution is 0.305. The van der Waals surface area contributed by atoms with Crippen LogP contribution in [0.3, 0.4) is 0 Å². The number of hydrogen-bond donors (Lipinski definition) is 0. The SMILES string of the molecule is C.Cc1nc2c(c(=O)n1C)CN(C)CC2. The van der Waals surface area contributed by atoms with E-state index in [1.807, 2.05) is 14.0 Å². The van der Waals surface area contributed by atoms with Crippen LogP contribution < -0.4 is 5.56 Å². The Labute approximate surface area is 90.6 Å². The highest BCUT2D eigenvalue weighted by atomic mass is 16.1. The van der Waals surface area contributed by atoms with Crippen molar-refractivity contribution in [3.63, 3.8) is 0 Å². The van der Waals surface area contributed by atoms with Crippen LogP contribution in [0.5, 0.6) is 0 Å². The van der Waals surface area contributed by atoms with Crippen molar-refractivity contribution in [1.82, 2.24) is 14.5 Å². The molecule has 0 N–H and O–H groups in total. The van der Waals surface area contributed by atoms with Crippen LogP contribution in [0.2, 0.25) is 0 Å². The lowest BCUT2D eigenvalue weighted by atomic mass is 10.1. The van der Waals surface area contributed by atoms with E-state index in [1.54, 1.807) is 11.6 Å². The molecule has 0 saturated heterocycles. The first-order valence-corrected chi connectivity index (χ1v) is 4.83. The van der Waals surface area contributed by atoms with E-state index in [0.717, 1.165) is 36.6 Å². The van der Waals surface area contributed by atoms with Crippen LogP contribution in [0.4, 0.5) is 0 Å². The summed E-state index contributed by atoms with van der Waals surface area (Å²) in [7, 11) is 3.81. The van der Waals surface area contributed by atoms with Crippen molar-refractivity contribution in [3.05, 3.63) is 27.4 Å². The average Bonchev–Trinajstić information content (AvgIpc) is 2.16. The Morgan fingerprint density at radius 2 is 2.00 bits per heavy atom. The smallest absolute Gasteiger partial charge is 0.257 e. The maximum atomic E-state index is 11.9. The molecular formula is C11H19N3O. The second kappa shape index (κ2) is 4.14. The zero-order valence-corrected chi connectivity index (χ0v) is 8.87. The van der Waals surface area contributed by atoms with Crippen molar-refractivity contribution in [3.8, 4) is 0 Å². The minimum absolute atomic E-state index is 0. The van der Waals surface area contributed by atoms with Gasteiger partial charge in [-0.3, -0.25) is 9.36 Å². The standard InChI is InChI=1S/C10H15N3O.CH4/c1-7-11-9-4-5-12(2)6-8(9)10(14)13(7)3;/h4-6H2,1-3H3;1H4. The van der Waals surface area contributed by atoms with Crippen LogP contribution in [0.15, 0.2) is 4.79 Å². The molecule has 0 aliphatic carbocycles. The molecule has 0 aromatic carbocycles. The zero-order valence-electron chi connectivity index (χ0n) is 8.87. The maximum Gasteiger partial charge on any atom is 0.257 e. The monoisotopic (exact) mass is 209 g/mol. The average molecular weight is 209 g/mol. The third-order valence-electron chi connectivity index (χ3n) is 2.85. The van der Waals surface area contributed by atoms with Crippen LogP contribution in [0.25, 0.3) is 0 Å². The van der Waals surface area contributed by atoms with Gasteiger partial charge in [-0.05, 0) is 14.0 Å². The molecule has 4 heteroatoms. The Balaban J connectivity index is 0.00000112. The van der Waals surface area contributed by atoms with Crippen molar-refractivity contribution in [2.75, 3.05) is 13.6 Å². The summed E-state index contributed by atoms with van der Waals surface area (Å²) in [6, 6.07) is 0. The lowest BCUT2D eigenvalue weighted by Crippen LogP contribution is -2.36. The van der Waals surface area contributed by atoms with Crippen molar-refractivity contribution >= 4 is 0 Å². The van der Waals surface area contributed by atoms with E-state index in [4.69, 9.17) is 0 Å². The van der Waals surface area contributed by atoms with Crippen LogP contribution in [-0.4, -0.2) is 28.0 Å². The summed E-state index contributed by atoms with van der Waals surface area (Å²) in [5.41, 5.74) is 1.97. The van der Waals surface area contributed by atoms with E-state index in [2.05, 4.69) is 9.88 Å². The van der Waals surface area contributed by atoms with E-state index in [9.17, 15) is 4.79 Å². The number of nitrogens with zero attached hydrogens (tertiary/aromatic N) is 3. The van der Waals surface area contributed by atoms with Crippen LogP contribution >= 0.6 is 0 Å². The van der Waals surface area contributed by atoms with Gasteiger partial charge in [0.2, 0.25) is 0 Å². The molecule has 0 radical (unpaired) electrons. The highest BCUT2D eigenvalue weighted by Gasteiger charge is 2.18. The number of hydrogen-bond acceptors (Lipinski definition) is 3. The summed E-state index contributed by atoms with van der Waals surface area (Å²) in [6.07, 6.45) is 0.892. The Bertz CT molecular complexity index is 423. The van der Waals surface area contributed by atoms with Gasteiger partial charge in [-0.15, -0.1) is 0 Å². The minimum atomic E-state index is 0. The Morgan fingerprint density at radius 1 is 1.33 bits per heavy atom. The van der Waals surface area contributed by atoms with Crippen LogP contribution in [-0.2, 0) is 20.0 Å². The first-order chi connectivity index (χ1) is 6.59. The van der Waals surface area contributed by atoms with Gasteiger partial charge in [0.25, 0.3) is 5.56 Å². The number of likely N-dealkylation sites (N-methyl/N-ethyl adjacent to an activating group) is 1. The van der Waals surface area contributed by atoms with Gasteiger partial charge in [-0.2, -0.15) is 0 Å². The Kier molecular flexibility index (Phi) is 3.29. The molecule has 1 aromatic rings. The van der Waals surface area contributed by atoms with Gasteiger partial charge in [0, 0.05) is 26.6 Å². The van der Waals surface area contributed by atoms with Crippen LogP contribution in [0.1, 0.15) is 24.5 Å². The second-order valence-electron chi connectivity index (χ2n) is 3.94. The van der Waals surface area contributed by atoms with Gasteiger partial charge >= 0.3 is 0 Å². The summed E-state index contributed by atoms with van der Waals surface area (Å²) >= 11 is 0. The molecule has 15 heavy (non-hydrogen) atoms. The summed E-state index contributed by atoms with van der Waals surface area (Å²) in [6.45, 7) is 3.60. The molecule has 84 valence electrons. The molecule has 0 spiro atoms. The van der Waals surface area contributed by atoms with E-state index in [1.165, 1.54) is 0 Å². The van der Waals surface area contributed by atoms with Gasteiger partial charge in [0.15, 0.2) is 0 Å². The zero-order chi connectivity index (χ0) is 10.3. The molecule has 1 aliphatic heterocycles. The number of fused-ring (bicyclic) bond motifs is 1. The van der Waals surface area contributed by atoms with E-state index in [-0.39, 0.29) is 13.0 Å². The first-order valence-electron chi connectivity index (χ1n) is 4.83. The van der Waals surface area contributed by atoms with Gasteiger partial charge in [0.05, 0.1) is 11.3 Å². The van der Waals surface area contributed by atoms with Gasteiger partial charge in [0.1, 0.15) is 5.82 Å². The van der Waals surface area contributed by atoms with Crippen molar-refractivity contribution < 1.29 is 0 Å². The highest BCUT2D eigenvalue weighted by Crippen LogP contribution is 2.11. The molecule has 0 bridgehead atoms. The molecule has 0 saturated carbocycles. The van der Waals surface area contributed by atoms with Crippen molar-refractivity contribution in [2.45, 2.75) is 27.3 Å². The highest BCUT2D eigenvalue weighted by molar-refractivity contribution is 5.21. The van der Waals surface area contributed by atoms with E-state index < -0.39 is 0 Å². The summed E-state index contributed by atoms with van der Waals surface area (Å²) < 4.78 is 1.62. The van der Waals surface area contributed by atoms with E-state index >= 15 is 0 Å². The fourth-order valence-electron chi connectivity index (χ4n) is 1.82. The Morgan fingerprint density at radius 3 is 2.67 bits per heavy atom. The summed E-state index contributed by atoms with van der Waals surface area (Å²) in [5.74, 6) is 0.804. The predicted molar refractivity (Wildman–Crippen MR) is 61.0 cm³/mol. The molecule has 0 fully saturated rings. The van der Waals surface area contributed by atoms with E-state index in [0.29, 0.717) is 0 Å². The summed E-state index contributed by atoms with van der Waals surface area (Å²) in [5, 5.41) is 0. The number of aryl methyl sites for hydroxylation is 1.